The van der Waals surface area contributed by atoms with Crippen LogP contribution in [0.15, 0.2) is 24.3 Å². The highest BCUT2D eigenvalue weighted by Crippen LogP contribution is 2.30. The van der Waals surface area contributed by atoms with Gasteiger partial charge in [0.15, 0.2) is 28.0 Å². The molecular formula is C22H24ClN9. The Balaban J connectivity index is 1.49. The van der Waals surface area contributed by atoms with Crippen LogP contribution in [0, 0.1) is 11.3 Å². The summed E-state index contributed by atoms with van der Waals surface area (Å²) in [6.45, 7) is 5.94. The summed E-state index contributed by atoms with van der Waals surface area (Å²) < 4.78 is 0. The molecule has 1 aromatic carbocycles. The zero-order chi connectivity index (χ0) is 21.9. The minimum atomic E-state index is 0.296. The van der Waals surface area contributed by atoms with Gasteiger partial charge in [-0.05, 0) is 30.5 Å². The summed E-state index contributed by atoms with van der Waals surface area (Å²) in [5.74, 6) is 1.99. The molecule has 32 heavy (non-hydrogen) atoms. The zero-order valence-electron chi connectivity index (χ0n) is 17.7. The average molecular weight is 450 g/mol. The topological polar surface area (TPSA) is 106 Å². The molecule has 0 bridgehead atoms. The van der Waals surface area contributed by atoms with E-state index in [-0.39, 0.29) is 0 Å². The molecule has 10 heteroatoms. The number of piperazine rings is 1. The van der Waals surface area contributed by atoms with Crippen LogP contribution in [-0.4, -0.2) is 59.2 Å². The molecule has 2 aliphatic rings. The Morgan fingerprint density at radius 3 is 2.44 bits per heavy atom. The van der Waals surface area contributed by atoms with Crippen molar-refractivity contribution in [2.75, 3.05) is 54.4 Å². The van der Waals surface area contributed by atoms with E-state index in [0.717, 1.165) is 63.5 Å². The van der Waals surface area contributed by atoms with Gasteiger partial charge in [-0.1, -0.05) is 23.7 Å². The first kappa shape index (κ1) is 20.7. The molecule has 164 valence electrons. The van der Waals surface area contributed by atoms with Crippen molar-refractivity contribution in [2.45, 2.75) is 19.4 Å². The molecule has 2 aromatic heterocycles. The maximum atomic E-state index is 8.97. The molecule has 0 aliphatic carbocycles. The molecule has 0 atom stereocenters. The Labute approximate surface area is 191 Å². The van der Waals surface area contributed by atoms with E-state index in [1.54, 1.807) is 12.1 Å². The third-order valence-electron chi connectivity index (χ3n) is 5.81. The molecule has 0 radical (unpaired) electrons. The van der Waals surface area contributed by atoms with E-state index in [4.69, 9.17) is 31.8 Å². The Hall–Kier alpha value is -3.22. The standard InChI is InChI=1S/C22H24ClN9/c23-18-20(26-14-16-5-3-15(13-24)4-6-16)28-19-17(27-18)21(31-9-1-2-10-31)30-22(29-19)32-11-7-25-8-12-32/h3-6,25H,1-2,7-12,14H2,(H,26,28,29,30). The van der Waals surface area contributed by atoms with Gasteiger partial charge in [-0.15, -0.1) is 0 Å². The molecule has 0 spiro atoms. The molecule has 2 N–H and O–H groups in total. The highest BCUT2D eigenvalue weighted by atomic mass is 35.5. The Bertz CT molecular complexity index is 1150. The number of nitrogens with one attached hydrogen (secondary N) is 2. The minimum Gasteiger partial charge on any atom is -0.363 e. The summed E-state index contributed by atoms with van der Waals surface area (Å²) >= 11 is 6.51. The van der Waals surface area contributed by atoms with Gasteiger partial charge < -0.3 is 20.4 Å². The normalized spacial score (nSPS) is 16.4. The van der Waals surface area contributed by atoms with Gasteiger partial charge in [0.05, 0.1) is 11.6 Å². The molecule has 0 saturated carbocycles. The fraction of sp³-hybridized carbons (Fsp3) is 0.409. The monoisotopic (exact) mass is 449 g/mol. The lowest BCUT2D eigenvalue weighted by molar-refractivity contribution is 0.580. The van der Waals surface area contributed by atoms with Crippen molar-refractivity contribution >= 4 is 40.3 Å². The lowest BCUT2D eigenvalue weighted by Crippen LogP contribution is -2.44. The zero-order valence-corrected chi connectivity index (χ0v) is 18.4. The third-order valence-corrected chi connectivity index (χ3v) is 6.07. The predicted molar refractivity (Wildman–Crippen MR) is 125 cm³/mol. The van der Waals surface area contributed by atoms with Crippen LogP contribution < -0.4 is 20.4 Å². The van der Waals surface area contributed by atoms with Crippen LogP contribution in [-0.2, 0) is 6.54 Å². The van der Waals surface area contributed by atoms with Crippen LogP contribution >= 0.6 is 11.6 Å². The van der Waals surface area contributed by atoms with Crippen molar-refractivity contribution in [3.8, 4) is 6.07 Å². The van der Waals surface area contributed by atoms with Gasteiger partial charge in [-0.25, -0.2) is 9.97 Å². The van der Waals surface area contributed by atoms with Crippen molar-refractivity contribution in [3.63, 3.8) is 0 Å². The Morgan fingerprint density at radius 1 is 0.969 bits per heavy atom. The Kier molecular flexibility index (Phi) is 5.88. The number of benzene rings is 1. The molecule has 0 unspecified atom stereocenters. The number of hydrogen-bond donors (Lipinski definition) is 2. The van der Waals surface area contributed by atoms with Crippen molar-refractivity contribution in [1.82, 2.24) is 25.3 Å². The lowest BCUT2D eigenvalue weighted by Gasteiger charge is -2.28. The van der Waals surface area contributed by atoms with Crippen molar-refractivity contribution in [2.24, 2.45) is 0 Å². The predicted octanol–water partition coefficient (Wildman–Crippen LogP) is 2.57. The minimum absolute atomic E-state index is 0.296. The smallest absolute Gasteiger partial charge is 0.229 e. The molecule has 3 aromatic rings. The maximum Gasteiger partial charge on any atom is 0.229 e. The second-order valence-electron chi connectivity index (χ2n) is 7.98. The average Bonchev–Trinajstić information content (AvgIpc) is 3.38. The highest BCUT2D eigenvalue weighted by Gasteiger charge is 2.23. The van der Waals surface area contributed by atoms with Crippen molar-refractivity contribution in [3.05, 3.63) is 40.5 Å². The van der Waals surface area contributed by atoms with Gasteiger partial charge in [-0.2, -0.15) is 15.2 Å². The van der Waals surface area contributed by atoms with Crippen LogP contribution in [0.2, 0.25) is 5.15 Å². The number of rotatable bonds is 5. The van der Waals surface area contributed by atoms with Gasteiger partial charge in [0.2, 0.25) is 5.95 Å². The molecular weight excluding hydrogens is 426 g/mol. The van der Waals surface area contributed by atoms with Crippen LogP contribution in [0.4, 0.5) is 17.6 Å². The first-order valence-corrected chi connectivity index (χ1v) is 11.3. The summed E-state index contributed by atoms with van der Waals surface area (Å²) in [4.78, 5) is 23.5. The molecule has 5 rings (SSSR count). The van der Waals surface area contributed by atoms with E-state index >= 15 is 0 Å². The van der Waals surface area contributed by atoms with Crippen LogP contribution in [0.3, 0.4) is 0 Å². The summed E-state index contributed by atoms with van der Waals surface area (Å²) in [5, 5.41) is 15.9. The summed E-state index contributed by atoms with van der Waals surface area (Å²) in [5.41, 5.74) is 2.83. The molecule has 4 heterocycles. The highest BCUT2D eigenvalue weighted by molar-refractivity contribution is 6.32. The first-order valence-electron chi connectivity index (χ1n) is 10.9. The number of fused-ring (bicyclic) bond motifs is 1. The molecule has 9 nitrogen and oxygen atoms in total. The van der Waals surface area contributed by atoms with Gasteiger partial charge in [0.1, 0.15) is 0 Å². The Morgan fingerprint density at radius 2 is 1.72 bits per heavy atom. The first-order chi connectivity index (χ1) is 15.7. The number of hydrogen-bond acceptors (Lipinski definition) is 9. The number of aromatic nitrogens is 4. The summed E-state index contributed by atoms with van der Waals surface area (Å²) in [6, 6.07) is 9.52. The quantitative estimate of drug-likeness (QED) is 0.607. The maximum absolute atomic E-state index is 8.97. The van der Waals surface area contributed by atoms with Crippen molar-refractivity contribution < 1.29 is 0 Å². The van der Waals surface area contributed by atoms with Gasteiger partial charge in [0, 0.05) is 45.8 Å². The number of anilines is 3. The number of halogens is 1. The summed E-state index contributed by atoms with van der Waals surface area (Å²) in [6.07, 6.45) is 2.28. The van der Waals surface area contributed by atoms with E-state index < -0.39 is 0 Å². The molecule has 2 aliphatic heterocycles. The number of nitrogens with zero attached hydrogens (tertiary/aromatic N) is 7. The van der Waals surface area contributed by atoms with E-state index in [1.807, 2.05) is 12.1 Å². The van der Waals surface area contributed by atoms with Crippen molar-refractivity contribution in [1.29, 1.82) is 5.26 Å². The SMILES string of the molecule is N#Cc1ccc(CNc2nc3nc(N4CCNCC4)nc(N4CCCC4)c3nc2Cl)cc1. The largest absolute Gasteiger partial charge is 0.363 e. The van der Waals surface area contributed by atoms with Gasteiger partial charge in [0.25, 0.3) is 0 Å². The number of nitriles is 1. The van der Waals surface area contributed by atoms with Crippen LogP contribution in [0.1, 0.15) is 24.0 Å². The van der Waals surface area contributed by atoms with E-state index in [0.29, 0.717) is 40.2 Å². The molecule has 2 saturated heterocycles. The molecule has 2 fully saturated rings. The van der Waals surface area contributed by atoms with Gasteiger partial charge >= 0.3 is 0 Å². The van der Waals surface area contributed by atoms with E-state index in [2.05, 4.69) is 31.5 Å². The lowest BCUT2D eigenvalue weighted by atomic mass is 10.1. The van der Waals surface area contributed by atoms with Crippen LogP contribution in [0.25, 0.3) is 11.2 Å². The fourth-order valence-electron chi connectivity index (χ4n) is 4.05. The summed E-state index contributed by atoms with van der Waals surface area (Å²) in [7, 11) is 0. The van der Waals surface area contributed by atoms with Crippen LogP contribution in [0.5, 0.6) is 0 Å². The molecule has 0 amide bonds. The van der Waals surface area contributed by atoms with Gasteiger partial charge in [-0.3, -0.25) is 0 Å². The van der Waals surface area contributed by atoms with E-state index in [1.165, 1.54) is 0 Å². The van der Waals surface area contributed by atoms with E-state index in [9.17, 15) is 0 Å². The third kappa shape index (κ3) is 4.24. The second kappa shape index (κ2) is 9.10. The fourth-order valence-corrected chi connectivity index (χ4v) is 4.25. The second-order valence-corrected chi connectivity index (χ2v) is 8.33.